The van der Waals surface area contributed by atoms with Crippen LogP contribution in [0.5, 0.6) is 0 Å². The van der Waals surface area contributed by atoms with Gasteiger partial charge in [0.1, 0.15) is 6.04 Å². The number of rotatable bonds is 9. The Balaban J connectivity index is 1.73. The number of sulfonamides is 1. The molecule has 0 radical (unpaired) electrons. The molecule has 1 aliphatic rings. The second-order valence-corrected chi connectivity index (χ2v) is 9.57. The monoisotopic (exact) mass is 492 g/mol. The van der Waals surface area contributed by atoms with Crippen molar-refractivity contribution in [1.82, 2.24) is 19.9 Å². The topological polar surface area (TPSA) is 179 Å². The van der Waals surface area contributed by atoms with Gasteiger partial charge < -0.3 is 21.1 Å². The van der Waals surface area contributed by atoms with Gasteiger partial charge in [-0.1, -0.05) is 0 Å². The molecule has 14 heteroatoms. The fourth-order valence-corrected chi connectivity index (χ4v) is 4.32. The SMILES string of the molecule is CCNc1nc(NC(C)C)nc(NS(=O)(=O)c2ccc(NC(=O)C3CCCN3C(=O)O)cc2)n1. The van der Waals surface area contributed by atoms with E-state index in [4.69, 9.17) is 0 Å². The number of benzene rings is 1. The molecule has 34 heavy (non-hydrogen) atoms. The fraction of sp³-hybridized carbons (Fsp3) is 0.450. The van der Waals surface area contributed by atoms with Gasteiger partial charge in [-0.15, -0.1) is 0 Å². The quantitative estimate of drug-likeness (QED) is 0.347. The average Bonchev–Trinajstić information content (AvgIpc) is 3.24. The van der Waals surface area contributed by atoms with Gasteiger partial charge in [0.15, 0.2) is 0 Å². The van der Waals surface area contributed by atoms with E-state index in [1.807, 2.05) is 20.8 Å². The molecule has 1 fully saturated rings. The van der Waals surface area contributed by atoms with Crippen molar-refractivity contribution in [3.8, 4) is 0 Å². The molecule has 0 spiro atoms. The number of nitrogens with one attached hydrogen (secondary N) is 4. The summed E-state index contributed by atoms with van der Waals surface area (Å²) in [5, 5.41) is 17.8. The normalized spacial score (nSPS) is 15.8. The van der Waals surface area contributed by atoms with Crippen LogP contribution in [0.2, 0.25) is 0 Å². The molecule has 184 valence electrons. The van der Waals surface area contributed by atoms with Crippen molar-refractivity contribution in [3.05, 3.63) is 24.3 Å². The van der Waals surface area contributed by atoms with Crippen LogP contribution in [0.3, 0.4) is 0 Å². The first-order valence-electron chi connectivity index (χ1n) is 10.8. The number of carbonyl (C=O) groups excluding carboxylic acids is 1. The van der Waals surface area contributed by atoms with Crippen LogP contribution in [0.1, 0.15) is 33.6 Å². The van der Waals surface area contributed by atoms with E-state index in [0.717, 1.165) is 4.90 Å². The molecule has 0 aliphatic carbocycles. The van der Waals surface area contributed by atoms with Crippen molar-refractivity contribution in [2.75, 3.05) is 33.8 Å². The number of hydrogen-bond acceptors (Lipinski definition) is 9. The number of carboxylic acid groups (broad SMARTS) is 1. The van der Waals surface area contributed by atoms with Gasteiger partial charge in [0.05, 0.1) is 4.90 Å². The Bertz CT molecular complexity index is 1140. The summed E-state index contributed by atoms with van der Waals surface area (Å²) < 4.78 is 28.0. The number of anilines is 4. The van der Waals surface area contributed by atoms with E-state index in [1.54, 1.807) is 0 Å². The highest BCUT2D eigenvalue weighted by Crippen LogP contribution is 2.21. The van der Waals surface area contributed by atoms with E-state index in [2.05, 4.69) is 35.6 Å². The Morgan fingerprint density at radius 3 is 2.38 bits per heavy atom. The van der Waals surface area contributed by atoms with Gasteiger partial charge in [-0.05, 0) is 57.9 Å². The number of likely N-dealkylation sites (tertiary alicyclic amines) is 1. The third kappa shape index (κ3) is 6.21. The maximum atomic E-state index is 12.9. The molecular weight excluding hydrogens is 464 g/mol. The standard InChI is InChI=1S/C20H28N8O5S/c1-4-21-17-24-18(22-12(2)3)26-19(25-17)27-34(32,33)14-9-7-13(8-10-14)23-16(29)15-6-5-11-28(15)20(30)31/h7-10,12,15H,4-6,11H2,1-3H3,(H,23,29)(H,30,31)(H3,21,22,24,25,26,27). The average molecular weight is 493 g/mol. The van der Waals surface area contributed by atoms with Gasteiger partial charge in [-0.3, -0.25) is 9.69 Å². The van der Waals surface area contributed by atoms with Gasteiger partial charge in [0.2, 0.25) is 23.8 Å². The lowest BCUT2D eigenvalue weighted by molar-refractivity contribution is -0.119. The first kappa shape index (κ1) is 25.0. The van der Waals surface area contributed by atoms with Crippen molar-refractivity contribution in [2.45, 2.75) is 50.6 Å². The molecule has 1 atom stereocenters. The minimum absolute atomic E-state index is 0.0240. The third-order valence-corrected chi connectivity index (χ3v) is 6.19. The second kappa shape index (κ2) is 10.5. The molecule has 1 aromatic heterocycles. The lowest BCUT2D eigenvalue weighted by Crippen LogP contribution is -2.42. The second-order valence-electron chi connectivity index (χ2n) is 7.89. The molecule has 0 saturated carbocycles. The van der Waals surface area contributed by atoms with Gasteiger partial charge >= 0.3 is 6.09 Å². The molecule has 2 aromatic rings. The Kier molecular flexibility index (Phi) is 7.71. The van der Waals surface area contributed by atoms with Crippen LogP contribution in [0.15, 0.2) is 29.2 Å². The van der Waals surface area contributed by atoms with E-state index in [-0.39, 0.29) is 28.8 Å². The van der Waals surface area contributed by atoms with Gasteiger partial charge in [0.25, 0.3) is 10.0 Å². The first-order chi connectivity index (χ1) is 16.1. The minimum Gasteiger partial charge on any atom is -0.465 e. The van der Waals surface area contributed by atoms with E-state index in [9.17, 15) is 23.1 Å². The molecule has 2 amide bonds. The molecule has 1 aliphatic heterocycles. The zero-order valence-corrected chi connectivity index (χ0v) is 19.9. The van der Waals surface area contributed by atoms with Crippen LogP contribution in [0.4, 0.5) is 28.3 Å². The third-order valence-electron chi connectivity index (χ3n) is 4.85. The molecule has 5 N–H and O–H groups in total. The number of nitrogens with zero attached hydrogens (tertiary/aromatic N) is 4. The number of hydrogen-bond donors (Lipinski definition) is 5. The summed E-state index contributed by atoms with van der Waals surface area (Å²) >= 11 is 0. The summed E-state index contributed by atoms with van der Waals surface area (Å²) in [6.07, 6.45) is -0.107. The van der Waals surface area contributed by atoms with E-state index >= 15 is 0 Å². The van der Waals surface area contributed by atoms with E-state index < -0.39 is 28.1 Å². The van der Waals surface area contributed by atoms with Crippen LogP contribution >= 0.6 is 0 Å². The molecule has 1 aromatic carbocycles. The predicted molar refractivity (Wildman–Crippen MR) is 126 cm³/mol. The summed E-state index contributed by atoms with van der Waals surface area (Å²) in [6, 6.07) is 4.75. The van der Waals surface area contributed by atoms with Gasteiger partial charge in [-0.2, -0.15) is 15.0 Å². The predicted octanol–water partition coefficient (Wildman–Crippen LogP) is 2.01. The largest absolute Gasteiger partial charge is 0.465 e. The molecular formula is C20H28N8O5S. The zero-order chi connectivity index (χ0) is 24.9. The lowest BCUT2D eigenvalue weighted by atomic mass is 10.2. The van der Waals surface area contributed by atoms with E-state index in [0.29, 0.717) is 31.6 Å². The highest BCUT2D eigenvalue weighted by atomic mass is 32.2. The number of amides is 2. The van der Waals surface area contributed by atoms with Crippen LogP contribution in [-0.2, 0) is 14.8 Å². The highest BCUT2D eigenvalue weighted by Gasteiger charge is 2.34. The fourth-order valence-electron chi connectivity index (χ4n) is 3.37. The highest BCUT2D eigenvalue weighted by molar-refractivity contribution is 7.92. The lowest BCUT2D eigenvalue weighted by Gasteiger charge is -2.20. The Hall–Kier alpha value is -3.68. The Labute approximate surface area is 197 Å². The van der Waals surface area contributed by atoms with Crippen LogP contribution < -0.4 is 20.7 Å². The van der Waals surface area contributed by atoms with Crippen LogP contribution in [0, 0.1) is 0 Å². The maximum Gasteiger partial charge on any atom is 0.407 e. The molecule has 0 bridgehead atoms. The molecule has 1 saturated heterocycles. The van der Waals surface area contributed by atoms with Crippen molar-refractivity contribution in [2.24, 2.45) is 0 Å². The van der Waals surface area contributed by atoms with Crippen molar-refractivity contribution in [1.29, 1.82) is 0 Å². The smallest absolute Gasteiger partial charge is 0.407 e. The summed E-state index contributed by atoms with van der Waals surface area (Å²) in [5.41, 5.74) is 0.346. The number of carbonyl (C=O) groups is 2. The van der Waals surface area contributed by atoms with Crippen molar-refractivity contribution < 1.29 is 23.1 Å². The molecule has 1 unspecified atom stereocenters. The maximum absolute atomic E-state index is 12.9. The van der Waals surface area contributed by atoms with Crippen molar-refractivity contribution in [3.63, 3.8) is 0 Å². The van der Waals surface area contributed by atoms with Gasteiger partial charge in [-0.25, -0.2) is 17.9 Å². The van der Waals surface area contributed by atoms with Crippen LogP contribution in [-0.4, -0.2) is 70.5 Å². The molecule has 13 nitrogen and oxygen atoms in total. The Morgan fingerprint density at radius 2 is 1.76 bits per heavy atom. The van der Waals surface area contributed by atoms with Crippen molar-refractivity contribution >= 4 is 45.6 Å². The summed E-state index contributed by atoms with van der Waals surface area (Å²) in [6.45, 7) is 6.49. The summed E-state index contributed by atoms with van der Waals surface area (Å²) in [7, 11) is -4.03. The first-order valence-corrected chi connectivity index (χ1v) is 12.3. The molecule has 3 rings (SSSR count). The van der Waals surface area contributed by atoms with Crippen LogP contribution in [0.25, 0.3) is 0 Å². The molecule has 2 heterocycles. The summed E-state index contributed by atoms with van der Waals surface area (Å²) in [5.74, 6) is -0.167. The summed E-state index contributed by atoms with van der Waals surface area (Å²) in [4.78, 5) is 37.1. The minimum atomic E-state index is -4.03. The Morgan fingerprint density at radius 1 is 1.12 bits per heavy atom. The van der Waals surface area contributed by atoms with E-state index in [1.165, 1.54) is 24.3 Å². The number of aromatic nitrogens is 3. The van der Waals surface area contributed by atoms with Gasteiger partial charge in [0, 0.05) is 24.8 Å². The zero-order valence-electron chi connectivity index (χ0n) is 19.1.